The summed E-state index contributed by atoms with van der Waals surface area (Å²) >= 11 is 3.82. The first kappa shape index (κ1) is 14.8. The number of likely N-dealkylation sites (tertiary alicyclic amines) is 1. The van der Waals surface area contributed by atoms with E-state index in [0.717, 1.165) is 45.4 Å². The molecule has 0 aromatic carbocycles. The lowest BCUT2D eigenvalue weighted by atomic mass is 10.1. The third kappa shape index (κ3) is 6.29. The Morgan fingerprint density at radius 3 is 2.59 bits per heavy atom. The number of thiol groups is 1. The molecular formula is C12H23NO3S. The van der Waals surface area contributed by atoms with Gasteiger partial charge in [-0.15, -0.1) is 0 Å². The van der Waals surface area contributed by atoms with Gasteiger partial charge in [0.05, 0.1) is 19.3 Å². The van der Waals surface area contributed by atoms with Gasteiger partial charge in [0.25, 0.3) is 5.24 Å². The number of piperidine rings is 1. The fourth-order valence-electron chi connectivity index (χ4n) is 1.84. The number of amides is 1. The molecule has 100 valence electrons. The van der Waals surface area contributed by atoms with Gasteiger partial charge < -0.3 is 14.4 Å². The van der Waals surface area contributed by atoms with Gasteiger partial charge >= 0.3 is 0 Å². The molecule has 0 aliphatic carbocycles. The second kappa shape index (κ2) is 8.78. The molecule has 1 heterocycles. The number of nitrogens with zero attached hydrogens (tertiary/aromatic N) is 1. The molecule has 0 atom stereocenters. The van der Waals surface area contributed by atoms with Crippen molar-refractivity contribution in [1.29, 1.82) is 0 Å². The van der Waals surface area contributed by atoms with Crippen LogP contribution < -0.4 is 0 Å². The fraction of sp³-hybridized carbons (Fsp3) is 0.917. The van der Waals surface area contributed by atoms with Crippen LogP contribution in [0.25, 0.3) is 0 Å². The summed E-state index contributed by atoms with van der Waals surface area (Å²) in [6, 6.07) is 0. The molecule has 1 fully saturated rings. The third-order valence-corrected chi connectivity index (χ3v) is 3.22. The Bertz CT molecular complexity index is 218. The van der Waals surface area contributed by atoms with E-state index < -0.39 is 0 Å². The van der Waals surface area contributed by atoms with Crippen molar-refractivity contribution >= 4 is 17.9 Å². The largest absolute Gasteiger partial charge is 0.379 e. The zero-order valence-corrected chi connectivity index (χ0v) is 11.5. The van der Waals surface area contributed by atoms with Crippen LogP contribution in [0.3, 0.4) is 0 Å². The first-order chi connectivity index (χ1) is 8.24. The Kier molecular flexibility index (Phi) is 7.64. The summed E-state index contributed by atoms with van der Waals surface area (Å²) in [5.41, 5.74) is 0. The second-order valence-electron chi connectivity index (χ2n) is 4.31. The van der Waals surface area contributed by atoms with E-state index >= 15 is 0 Å². The minimum atomic E-state index is -0.133. The highest BCUT2D eigenvalue weighted by Crippen LogP contribution is 2.14. The normalized spacial score (nSPS) is 17.4. The number of hydrogen-bond donors (Lipinski definition) is 1. The number of rotatable bonds is 7. The van der Waals surface area contributed by atoms with Gasteiger partial charge in [0, 0.05) is 19.7 Å². The molecule has 4 nitrogen and oxygen atoms in total. The lowest BCUT2D eigenvalue weighted by molar-refractivity contribution is -0.0169. The lowest BCUT2D eigenvalue weighted by Gasteiger charge is -2.30. The second-order valence-corrected chi connectivity index (χ2v) is 4.69. The molecule has 1 rings (SSSR count). The maximum absolute atomic E-state index is 11.0. The summed E-state index contributed by atoms with van der Waals surface area (Å²) in [5.74, 6) is 0. The first-order valence-corrected chi connectivity index (χ1v) is 6.86. The summed E-state index contributed by atoms with van der Waals surface area (Å²) in [6.45, 7) is 5.81. The van der Waals surface area contributed by atoms with Gasteiger partial charge in [-0.05, 0) is 19.3 Å². The summed E-state index contributed by atoms with van der Waals surface area (Å²) in [5, 5.41) is -0.133. The van der Waals surface area contributed by atoms with E-state index in [-0.39, 0.29) is 11.3 Å². The average Bonchev–Trinajstić information content (AvgIpc) is 2.34. The predicted molar refractivity (Wildman–Crippen MR) is 70.7 cm³/mol. The number of carbonyl (C=O) groups is 1. The summed E-state index contributed by atoms with van der Waals surface area (Å²) in [6.07, 6.45) is 4.36. The van der Waals surface area contributed by atoms with Crippen LogP contribution in [0.15, 0.2) is 0 Å². The van der Waals surface area contributed by atoms with Crippen molar-refractivity contribution in [2.75, 3.05) is 32.9 Å². The molecule has 1 aliphatic rings. The van der Waals surface area contributed by atoms with Gasteiger partial charge in [0.1, 0.15) is 0 Å². The number of ether oxygens (including phenoxy) is 2. The van der Waals surface area contributed by atoms with Gasteiger partial charge in [-0.2, -0.15) is 0 Å². The molecule has 0 N–H and O–H groups in total. The van der Waals surface area contributed by atoms with Crippen molar-refractivity contribution in [3.05, 3.63) is 0 Å². The Morgan fingerprint density at radius 2 is 2.00 bits per heavy atom. The smallest absolute Gasteiger partial charge is 0.278 e. The lowest BCUT2D eigenvalue weighted by Crippen LogP contribution is -2.38. The first-order valence-electron chi connectivity index (χ1n) is 6.41. The Hall–Kier alpha value is -0.260. The highest BCUT2D eigenvalue weighted by atomic mass is 32.1. The van der Waals surface area contributed by atoms with Crippen molar-refractivity contribution in [3.63, 3.8) is 0 Å². The zero-order valence-electron chi connectivity index (χ0n) is 10.6. The average molecular weight is 261 g/mol. The SMILES string of the molecule is CCCCOCCOC1CCN(C(=O)S)CC1. The fourth-order valence-corrected chi connectivity index (χ4v) is 2.04. The van der Waals surface area contributed by atoms with Gasteiger partial charge in [-0.1, -0.05) is 26.0 Å². The maximum atomic E-state index is 11.0. The molecular weight excluding hydrogens is 238 g/mol. The summed E-state index contributed by atoms with van der Waals surface area (Å²) in [4.78, 5) is 12.7. The zero-order chi connectivity index (χ0) is 12.5. The standard InChI is InChI=1S/C12H23NO3S/c1-2-3-8-15-9-10-16-11-4-6-13(7-5-11)12(14)17/h11H,2-10H2,1H3,(H,14,17). The van der Waals surface area contributed by atoms with Crippen LogP contribution in [0.2, 0.25) is 0 Å². The van der Waals surface area contributed by atoms with E-state index in [1.165, 1.54) is 0 Å². The molecule has 0 radical (unpaired) electrons. The van der Waals surface area contributed by atoms with Crippen LogP contribution in [-0.2, 0) is 9.47 Å². The van der Waals surface area contributed by atoms with Crippen LogP contribution in [-0.4, -0.2) is 49.2 Å². The van der Waals surface area contributed by atoms with E-state index in [1.807, 2.05) is 0 Å². The van der Waals surface area contributed by atoms with E-state index in [1.54, 1.807) is 4.90 Å². The van der Waals surface area contributed by atoms with Gasteiger partial charge in [0.2, 0.25) is 0 Å². The van der Waals surface area contributed by atoms with Gasteiger partial charge in [-0.25, -0.2) is 0 Å². The quantitative estimate of drug-likeness (QED) is 0.565. The van der Waals surface area contributed by atoms with Crippen molar-refractivity contribution in [2.45, 2.75) is 38.7 Å². The minimum absolute atomic E-state index is 0.133. The molecule has 0 aromatic rings. The highest BCUT2D eigenvalue weighted by molar-refractivity contribution is 7.96. The Balaban J connectivity index is 1.97. The monoisotopic (exact) mass is 261 g/mol. The molecule has 0 saturated carbocycles. The Morgan fingerprint density at radius 1 is 1.29 bits per heavy atom. The topological polar surface area (TPSA) is 38.8 Å². The van der Waals surface area contributed by atoms with Gasteiger partial charge in [-0.3, -0.25) is 4.79 Å². The van der Waals surface area contributed by atoms with Gasteiger partial charge in [0.15, 0.2) is 0 Å². The van der Waals surface area contributed by atoms with E-state index in [4.69, 9.17) is 9.47 Å². The van der Waals surface area contributed by atoms with Crippen LogP contribution in [0.5, 0.6) is 0 Å². The Labute approximate surface area is 109 Å². The van der Waals surface area contributed by atoms with Crippen LogP contribution in [0.1, 0.15) is 32.6 Å². The van der Waals surface area contributed by atoms with E-state index in [2.05, 4.69) is 19.6 Å². The third-order valence-electron chi connectivity index (χ3n) is 2.94. The molecule has 0 spiro atoms. The molecule has 0 unspecified atom stereocenters. The summed E-state index contributed by atoms with van der Waals surface area (Å²) in [7, 11) is 0. The molecule has 1 aliphatic heterocycles. The van der Waals surface area contributed by atoms with Crippen molar-refractivity contribution in [3.8, 4) is 0 Å². The molecule has 17 heavy (non-hydrogen) atoms. The van der Waals surface area contributed by atoms with Crippen LogP contribution >= 0.6 is 12.6 Å². The molecule has 1 amide bonds. The number of carbonyl (C=O) groups excluding carboxylic acids is 1. The summed E-state index contributed by atoms with van der Waals surface area (Å²) < 4.78 is 11.1. The maximum Gasteiger partial charge on any atom is 0.278 e. The predicted octanol–water partition coefficient (Wildman–Crippen LogP) is 2.33. The number of hydrogen-bond acceptors (Lipinski definition) is 3. The van der Waals surface area contributed by atoms with E-state index in [0.29, 0.717) is 13.2 Å². The molecule has 0 aromatic heterocycles. The molecule has 1 saturated heterocycles. The van der Waals surface area contributed by atoms with Crippen LogP contribution in [0, 0.1) is 0 Å². The highest BCUT2D eigenvalue weighted by Gasteiger charge is 2.21. The minimum Gasteiger partial charge on any atom is -0.379 e. The van der Waals surface area contributed by atoms with Crippen molar-refractivity contribution < 1.29 is 14.3 Å². The molecule has 0 bridgehead atoms. The van der Waals surface area contributed by atoms with E-state index in [9.17, 15) is 4.79 Å². The van der Waals surface area contributed by atoms with Crippen LogP contribution in [0.4, 0.5) is 4.79 Å². The van der Waals surface area contributed by atoms with Crippen molar-refractivity contribution in [1.82, 2.24) is 4.90 Å². The van der Waals surface area contributed by atoms with Crippen molar-refractivity contribution in [2.24, 2.45) is 0 Å². The molecule has 5 heteroatoms. The number of unbranched alkanes of at least 4 members (excludes halogenated alkanes) is 1.